The number of halogens is 2. The monoisotopic (exact) mass is 433 g/mol. The zero-order valence-corrected chi connectivity index (χ0v) is 16.9. The fourth-order valence-corrected chi connectivity index (χ4v) is 2.76. The molecule has 150 valence electrons. The van der Waals surface area contributed by atoms with Gasteiger partial charge in [-0.3, -0.25) is 14.6 Å². The van der Waals surface area contributed by atoms with Gasteiger partial charge in [0.15, 0.2) is 0 Å². The summed E-state index contributed by atoms with van der Waals surface area (Å²) in [5.74, 6) is 0.206. The fourth-order valence-electron chi connectivity index (χ4n) is 2.46. The summed E-state index contributed by atoms with van der Waals surface area (Å²) in [5.41, 5.74) is 1.28. The Kier molecular flexibility index (Phi) is 6.79. The van der Waals surface area contributed by atoms with Crippen molar-refractivity contribution < 1.29 is 14.1 Å². The highest BCUT2D eigenvalue weighted by Crippen LogP contribution is 2.25. The number of aryl methyl sites for hydroxylation is 1. The number of hydrogen-bond donors (Lipinski definition) is 1. The number of carbonyl (C=O) groups excluding carboxylic acids is 2. The quantitative estimate of drug-likeness (QED) is 0.611. The number of nitrogens with zero attached hydrogens (tertiary/aromatic N) is 4. The summed E-state index contributed by atoms with van der Waals surface area (Å²) >= 11 is 11.8. The van der Waals surface area contributed by atoms with Gasteiger partial charge < -0.3 is 14.7 Å². The molecule has 0 atom stereocenters. The fraction of sp³-hybridized carbons (Fsp3) is 0.211. The summed E-state index contributed by atoms with van der Waals surface area (Å²) in [4.78, 5) is 33.9. The van der Waals surface area contributed by atoms with Crippen molar-refractivity contribution in [3.8, 4) is 11.4 Å². The van der Waals surface area contributed by atoms with Crippen LogP contribution in [-0.2, 0) is 16.0 Å². The Balaban J connectivity index is 1.48. The van der Waals surface area contributed by atoms with Crippen LogP contribution in [0.4, 0.5) is 5.69 Å². The molecule has 0 radical (unpaired) electrons. The molecule has 8 nitrogen and oxygen atoms in total. The molecule has 1 aromatic carbocycles. The van der Waals surface area contributed by atoms with Crippen LogP contribution in [0, 0.1) is 0 Å². The van der Waals surface area contributed by atoms with E-state index in [0.717, 1.165) is 5.56 Å². The predicted molar refractivity (Wildman–Crippen MR) is 109 cm³/mol. The lowest BCUT2D eigenvalue weighted by Gasteiger charge is -2.16. The van der Waals surface area contributed by atoms with Crippen LogP contribution in [0.15, 0.2) is 47.2 Å². The molecule has 0 unspecified atom stereocenters. The summed E-state index contributed by atoms with van der Waals surface area (Å²) < 4.78 is 5.18. The number of anilines is 1. The number of carbonyl (C=O) groups is 2. The average molecular weight is 434 g/mol. The zero-order chi connectivity index (χ0) is 20.8. The minimum atomic E-state index is -0.350. The van der Waals surface area contributed by atoms with Crippen molar-refractivity contribution in [2.75, 3.05) is 18.9 Å². The molecule has 3 rings (SSSR count). The lowest BCUT2D eigenvalue weighted by molar-refractivity contribution is -0.133. The maximum absolute atomic E-state index is 12.3. The van der Waals surface area contributed by atoms with Gasteiger partial charge in [-0.15, -0.1) is 0 Å². The Hall–Kier alpha value is -2.97. The highest BCUT2D eigenvalue weighted by atomic mass is 35.5. The van der Waals surface area contributed by atoms with E-state index in [9.17, 15) is 9.59 Å². The molecule has 0 bridgehead atoms. The highest BCUT2D eigenvalue weighted by Gasteiger charge is 2.16. The highest BCUT2D eigenvalue weighted by molar-refractivity contribution is 6.42. The van der Waals surface area contributed by atoms with Crippen molar-refractivity contribution in [2.24, 2.45) is 0 Å². The second-order valence-electron chi connectivity index (χ2n) is 6.17. The molecule has 0 saturated heterocycles. The Morgan fingerprint density at radius 1 is 1.14 bits per heavy atom. The van der Waals surface area contributed by atoms with Crippen LogP contribution in [0.25, 0.3) is 11.4 Å². The predicted octanol–water partition coefficient (Wildman–Crippen LogP) is 3.47. The first kappa shape index (κ1) is 20.8. The normalized spacial score (nSPS) is 10.6. The number of hydrogen-bond acceptors (Lipinski definition) is 6. The Bertz CT molecular complexity index is 1010. The minimum absolute atomic E-state index is 0.106. The second kappa shape index (κ2) is 9.49. The van der Waals surface area contributed by atoms with Gasteiger partial charge in [-0.25, -0.2) is 0 Å². The summed E-state index contributed by atoms with van der Waals surface area (Å²) in [7, 11) is 1.55. The van der Waals surface area contributed by atoms with Crippen molar-refractivity contribution >= 4 is 40.7 Å². The van der Waals surface area contributed by atoms with Crippen molar-refractivity contribution in [3.05, 3.63) is 58.7 Å². The van der Waals surface area contributed by atoms with Crippen molar-refractivity contribution in [1.29, 1.82) is 0 Å². The molecule has 2 amide bonds. The molecule has 29 heavy (non-hydrogen) atoms. The lowest BCUT2D eigenvalue weighted by Crippen LogP contribution is -2.35. The van der Waals surface area contributed by atoms with E-state index in [1.807, 2.05) is 0 Å². The first-order valence-electron chi connectivity index (χ1n) is 8.64. The molecule has 0 spiro atoms. The molecule has 0 aliphatic carbocycles. The van der Waals surface area contributed by atoms with Gasteiger partial charge in [0.2, 0.25) is 23.5 Å². The third-order valence-electron chi connectivity index (χ3n) is 3.97. The first-order valence-corrected chi connectivity index (χ1v) is 9.40. The number of aromatic nitrogens is 3. The first-order chi connectivity index (χ1) is 13.9. The molecule has 2 aromatic heterocycles. The van der Waals surface area contributed by atoms with Crippen LogP contribution in [0.3, 0.4) is 0 Å². The summed E-state index contributed by atoms with van der Waals surface area (Å²) in [6.07, 6.45) is 3.67. The summed E-state index contributed by atoms with van der Waals surface area (Å²) in [6.45, 7) is -0.106. The van der Waals surface area contributed by atoms with Crippen molar-refractivity contribution in [3.63, 3.8) is 0 Å². The molecule has 0 saturated carbocycles. The second-order valence-corrected chi connectivity index (χ2v) is 6.99. The number of amides is 2. The molecular weight excluding hydrogens is 417 g/mol. The molecule has 3 aromatic rings. The van der Waals surface area contributed by atoms with Gasteiger partial charge in [-0.05, 0) is 30.3 Å². The largest absolute Gasteiger partial charge is 0.339 e. The smallest absolute Gasteiger partial charge is 0.243 e. The SMILES string of the molecule is CN(CC(=O)Nc1ccc(Cl)c(Cl)c1)C(=O)CCc1nc(-c2ccncc2)no1. The zero-order valence-electron chi connectivity index (χ0n) is 15.4. The maximum Gasteiger partial charge on any atom is 0.243 e. The Labute approximate surface area is 176 Å². The van der Waals surface area contributed by atoms with Gasteiger partial charge in [0.1, 0.15) is 0 Å². The molecule has 0 aliphatic rings. The third-order valence-corrected chi connectivity index (χ3v) is 4.71. The van der Waals surface area contributed by atoms with Gasteiger partial charge in [-0.1, -0.05) is 28.4 Å². The van der Waals surface area contributed by atoms with Gasteiger partial charge >= 0.3 is 0 Å². The Morgan fingerprint density at radius 3 is 2.62 bits per heavy atom. The van der Waals surface area contributed by atoms with Crippen LogP contribution in [-0.4, -0.2) is 45.4 Å². The van der Waals surface area contributed by atoms with E-state index in [0.29, 0.717) is 27.4 Å². The van der Waals surface area contributed by atoms with Crippen LogP contribution in [0.5, 0.6) is 0 Å². The molecule has 0 aliphatic heterocycles. The number of pyridine rings is 1. The van der Waals surface area contributed by atoms with E-state index in [2.05, 4.69) is 20.4 Å². The van der Waals surface area contributed by atoms with Crippen LogP contribution in [0.2, 0.25) is 10.0 Å². The van der Waals surface area contributed by atoms with Crippen LogP contribution in [0.1, 0.15) is 12.3 Å². The van der Waals surface area contributed by atoms with E-state index >= 15 is 0 Å². The molecule has 0 fully saturated rings. The average Bonchev–Trinajstić information content (AvgIpc) is 3.18. The van der Waals surface area contributed by atoms with E-state index in [-0.39, 0.29) is 31.2 Å². The van der Waals surface area contributed by atoms with Crippen molar-refractivity contribution in [1.82, 2.24) is 20.0 Å². The number of benzene rings is 1. The number of likely N-dealkylation sites (N-methyl/N-ethyl adjacent to an activating group) is 1. The lowest BCUT2D eigenvalue weighted by atomic mass is 10.2. The maximum atomic E-state index is 12.3. The molecule has 10 heteroatoms. The molecule has 1 N–H and O–H groups in total. The van der Waals surface area contributed by atoms with Gasteiger partial charge in [0.05, 0.1) is 16.6 Å². The Morgan fingerprint density at radius 2 is 1.90 bits per heavy atom. The topological polar surface area (TPSA) is 101 Å². The number of rotatable bonds is 7. The molecule has 2 heterocycles. The van der Waals surface area contributed by atoms with Crippen molar-refractivity contribution in [2.45, 2.75) is 12.8 Å². The van der Waals surface area contributed by atoms with E-state index < -0.39 is 0 Å². The standard InChI is InChI=1S/C19H17Cl2N5O3/c1-26(11-16(27)23-13-2-3-14(20)15(21)10-13)18(28)5-4-17-24-19(25-29-17)12-6-8-22-9-7-12/h2-3,6-10H,4-5,11H2,1H3,(H,23,27). The van der Waals surface area contributed by atoms with Gasteiger partial charge in [0, 0.05) is 43.5 Å². The minimum Gasteiger partial charge on any atom is -0.339 e. The van der Waals surface area contributed by atoms with Gasteiger partial charge in [0.25, 0.3) is 0 Å². The van der Waals surface area contributed by atoms with Crippen LogP contribution < -0.4 is 5.32 Å². The summed E-state index contributed by atoms with van der Waals surface area (Å²) in [6, 6.07) is 8.28. The van der Waals surface area contributed by atoms with E-state index in [1.54, 1.807) is 49.8 Å². The third kappa shape index (κ3) is 5.75. The van der Waals surface area contributed by atoms with E-state index in [4.69, 9.17) is 27.7 Å². The van der Waals surface area contributed by atoms with Gasteiger partial charge in [-0.2, -0.15) is 4.98 Å². The van der Waals surface area contributed by atoms with Crippen LogP contribution >= 0.6 is 23.2 Å². The van der Waals surface area contributed by atoms with E-state index in [1.165, 1.54) is 4.90 Å². The molecular formula is C19H17Cl2N5O3. The summed E-state index contributed by atoms with van der Waals surface area (Å²) in [5, 5.41) is 7.29. The number of nitrogens with one attached hydrogen (secondary N) is 1.